The van der Waals surface area contributed by atoms with Crippen LogP contribution in [0.3, 0.4) is 0 Å². The number of thioether (sulfide) groups is 1. The third-order valence-electron chi connectivity index (χ3n) is 9.06. The second-order valence-electron chi connectivity index (χ2n) is 15.6. The number of carbonyl (C=O) groups excluding carboxylic acids is 8. The molecule has 27 nitrogen and oxygen atoms in total. The largest absolute Gasteiger partial charge is 0.444 e. The van der Waals surface area contributed by atoms with Gasteiger partial charge >= 0.3 is 36.6 Å². The maximum atomic E-state index is 10.9. The Morgan fingerprint density at radius 3 is 1.06 bits per heavy atom. The molecule has 7 amide bonds. The number of nitrogens with two attached hydrogens (primary N) is 1. The van der Waals surface area contributed by atoms with Crippen molar-refractivity contribution >= 4 is 118 Å². The van der Waals surface area contributed by atoms with Gasteiger partial charge in [-0.15, -0.1) is 36.8 Å². The van der Waals surface area contributed by atoms with Gasteiger partial charge in [-0.2, -0.15) is 0 Å². The molecule has 81 heavy (non-hydrogen) atoms. The van der Waals surface area contributed by atoms with Crippen molar-refractivity contribution in [3.8, 4) is 0 Å². The summed E-state index contributed by atoms with van der Waals surface area (Å²) in [7, 11) is 10.1. The fourth-order valence-corrected chi connectivity index (χ4v) is 5.36. The number of amides is 7. The van der Waals surface area contributed by atoms with Crippen LogP contribution in [0.25, 0.3) is 10.4 Å². The first-order valence-electron chi connectivity index (χ1n) is 21.7. The third kappa shape index (κ3) is 51.0. The van der Waals surface area contributed by atoms with Gasteiger partial charge < -0.3 is 86.7 Å². The van der Waals surface area contributed by atoms with Crippen LogP contribution < -0.4 is 16.4 Å². The Balaban J connectivity index is -0.0000000670. The topological polar surface area (TPSA) is 330 Å². The number of carbonyl (C=O) groups is 8. The van der Waals surface area contributed by atoms with Crippen LogP contribution in [0.4, 0.5) is 28.8 Å². The Morgan fingerprint density at radius 1 is 0.630 bits per heavy atom. The molecule has 0 radical (unpaired) electrons. The van der Waals surface area contributed by atoms with Crippen molar-refractivity contribution in [1.29, 1.82) is 0 Å². The van der Waals surface area contributed by atoms with Gasteiger partial charge in [0.25, 0.3) is 0 Å². The summed E-state index contributed by atoms with van der Waals surface area (Å²) in [5, 5.41) is 17.2. The average Bonchev–Trinajstić information content (AvgIpc) is 4.15. The minimum atomic E-state index is -0.358. The first-order chi connectivity index (χ1) is 33.1. The van der Waals surface area contributed by atoms with Gasteiger partial charge in [0.2, 0.25) is 5.91 Å². The third-order valence-corrected chi connectivity index (χ3v) is 10.3. The summed E-state index contributed by atoms with van der Waals surface area (Å²) in [5.74, 6) is -0.111. The molecule has 6 aliphatic rings. The molecular formula is C48H104ClN12O15PdS4-. The van der Waals surface area contributed by atoms with Gasteiger partial charge in [0.15, 0.2) is 5.12 Å². The number of aliphatic hydroxyl groups is 1. The number of nitrogens with zero attached hydrogens (tertiary/aromatic N) is 9. The van der Waals surface area contributed by atoms with Crippen LogP contribution in [0.1, 0.15) is 93.0 Å². The van der Waals surface area contributed by atoms with Crippen molar-refractivity contribution in [2.45, 2.75) is 130 Å². The number of azide groups is 1. The minimum absolute atomic E-state index is 0. The second kappa shape index (κ2) is 58.8. The summed E-state index contributed by atoms with van der Waals surface area (Å²) >= 11 is 14.4. The molecule has 33 heteroatoms. The molecule has 6 aliphatic heterocycles. The van der Waals surface area contributed by atoms with Crippen LogP contribution in [0, 0.1) is 7.43 Å². The number of hydrogen-bond acceptors (Lipinski definition) is 20. The Kier molecular flexibility index (Phi) is 76.2. The van der Waals surface area contributed by atoms with E-state index in [0.717, 1.165) is 22.2 Å². The molecule has 0 spiro atoms. The Morgan fingerprint density at radius 2 is 0.889 bits per heavy atom. The van der Waals surface area contributed by atoms with Gasteiger partial charge in [0.05, 0.1) is 70.5 Å². The van der Waals surface area contributed by atoms with Crippen LogP contribution in [0.2, 0.25) is 0 Å². The molecule has 0 aromatic rings. The molecule has 6 fully saturated rings. The van der Waals surface area contributed by atoms with Crippen LogP contribution in [-0.2, 0) is 58.4 Å². The van der Waals surface area contributed by atoms with E-state index in [1.54, 1.807) is 70.8 Å². The molecule has 6 atom stereocenters. The van der Waals surface area contributed by atoms with E-state index in [4.69, 9.17) is 52.3 Å². The van der Waals surface area contributed by atoms with E-state index >= 15 is 0 Å². The van der Waals surface area contributed by atoms with E-state index in [-0.39, 0.29) is 190 Å². The van der Waals surface area contributed by atoms with E-state index in [1.807, 2.05) is 20.1 Å². The van der Waals surface area contributed by atoms with Crippen LogP contribution in [0.15, 0.2) is 5.11 Å². The molecule has 0 aliphatic carbocycles. The van der Waals surface area contributed by atoms with Crippen molar-refractivity contribution in [2.24, 2.45) is 10.8 Å². The maximum Gasteiger partial charge on any atom is 0.410 e. The van der Waals surface area contributed by atoms with Crippen LogP contribution >= 0.6 is 61.2 Å². The number of likely N-dealkylation sites (N-methyl/N-ethyl adjacent to an activating group) is 6. The summed E-state index contributed by atoms with van der Waals surface area (Å²) in [6.07, 6.45) is 0.291. The van der Waals surface area contributed by atoms with Crippen molar-refractivity contribution in [3.05, 3.63) is 17.9 Å². The average molecular weight is 1360 g/mol. The smallest absolute Gasteiger partial charge is 0.410 e. The minimum Gasteiger partial charge on any atom is -0.444 e. The fourth-order valence-electron chi connectivity index (χ4n) is 5.28. The predicted molar refractivity (Wildman–Crippen MR) is 335 cm³/mol. The molecule has 488 valence electrons. The number of hydrogen-bond donors (Lipinski definition) is 5. The van der Waals surface area contributed by atoms with E-state index in [2.05, 4.69) is 50.2 Å². The summed E-state index contributed by atoms with van der Waals surface area (Å²) in [4.78, 5) is 96.3. The first kappa shape index (κ1) is 105. The summed E-state index contributed by atoms with van der Waals surface area (Å²) in [6.45, 7) is 13.6. The summed E-state index contributed by atoms with van der Waals surface area (Å²) < 4.78 is 30.0. The van der Waals surface area contributed by atoms with Gasteiger partial charge in [-0.3, -0.25) is 9.59 Å². The first-order valence-corrected chi connectivity index (χ1v) is 24.2. The number of halogens is 1. The Bertz CT molecular complexity index is 1710. The van der Waals surface area contributed by atoms with Crippen LogP contribution in [-0.4, -0.2) is 248 Å². The molecule has 0 aromatic heterocycles. The van der Waals surface area contributed by atoms with E-state index < -0.39 is 0 Å². The summed E-state index contributed by atoms with van der Waals surface area (Å²) in [6, 6.07) is 0. The molecule has 6 rings (SSSR count). The van der Waals surface area contributed by atoms with E-state index in [1.165, 1.54) is 33.4 Å². The van der Waals surface area contributed by atoms with Crippen molar-refractivity contribution < 1.29 is 92.3 Å². The Hall–Kier alpha value is -4.38. The molecule has 5 N–H and O–H groups in total. The van der Waals surface area contributed by atoms with Crippen LogP contribution in [0.5, 0.6) is 0 Å². The van der Waals surface area contributed by atoms with Gasteiger partial charge in [-0.25, -0.2) is 28.8 Å². The molecule has 0 saturated carbocycles. The molecule has 6 heterocycles. The van der Waals surface area contributed by atoms with Gasteiger partial charge in [0.1, 0.15) is 36.6 Å². The number of cyclic esters (lactones) is 6. The molecule has 6 saturated heterocycles. The van der Waals surface area contributed by atoms with Crippen molar-refractivity contribution in [2.75, 3.05) is 121 Å². The van der Waals surface area contributed by atoms with Crippen molar-refractivity contribution in [3.63, 3.8) is 0 Å². The van der Waals surface area contributed by atoms with Gasteiger partial charge in [0, 0.05) is 92.2 Å². The quantitative estimate of drug-likeness (QED) is 0.0214. The number of ether oxygens (including phenoxy) is 6. The molecule has 0 unspecified atom stereocenters. The van der Waals surface area contributed by atoms with Gasteiger partial charge in [-0.1, -0.05) is 88.5 Å². The number of thiocarbonyl (C=S) groups is 2. The number of rotatable bonds is 9. The van der Waals surface area contributed by atoms with E-state index in [9.17, 15) is 38.4 Å². The number of nitrogens with one attached hydrogen (secondary N) is 2. The zero-order valence-corrected chi connectivity index (χ0v) is 49.8. The maximum absolute atomic E-state index is 10.9. The van der Waals surface area contributed by atoms with E-state index in [0.29, 0.717) is 52.4 Å². The second-order valence-corrected chi connectivity index (χ2v) is 18.8. The fraction of sp³-hybridized carbons (Fsp3) is 0.771. The normalized spacial score (nSPS) is 19.4. The molecule has 0 aromatic carbocycles. The predicted octanol–water partition coefficient (Wildman–Crippen LogP) is 7.85. The zero-order chi connectivity index (χ0) is 55.0. The number of thiol groups is 1. The molecule has 0 bridgehead atoms. The Labute approximate surface area is 526 Å². The molecular weight excluding hydrogens is 1250 g/mol. The standard InChI is InChI=1S/C7H12N2O3.C7H12N2O2S.C6H11NO2.C5H8N4O2.C5H10N2O2.C5H9NO3.C3H6S2.C2H4OS.7CH4.CH3.ClH.Pd/c1-5(10)8-3-6-4-9(2)7(11)12-6;1-5(12)8-3-6-4-9(2)7(10)11-6;1-3-5-4-7(2)6(8)9-5;1-9-3-4(2-7-8-6)11-5(9)10;1-7-3-4(2-6)9-5(7)8;1-6-2-4(3-7)9-5(6)8;1-3(4)5-2;1-2(3)4;;;;;;;;;;/h6H,3-4H2,1-2H3,(H,8,10);6H,3-4H2,1-2H3,(H,8,12);5H,3-4H2,1-2H3;4H,2-3H2,1H3;4H,2-3,6H2,1H3;4,7H,2-3H2,1H3;1-2H3;1H3,(H,3,4);7*1H4;1H3;1H;/q;;;;;;;;;;;;;;;-1;;/t2*6-;5-;3*4-;;;;;;;;;;;;/m000001............/s1. The monoisotopic (exact) mass is 1360 g/mol. The number of aliphatic hydroxyl groups excluding tert-OH is 1. The summed E-state index contributed by atoms with van der Waals surface area (Å²) in [5.41, 5.74) is 13.2. The zero-order valence-electron chi connectivity index (χ0n) is 44.1. The van der Waals surface area contributed by atoms with Gasteiger partial charge in [-0.05, 0) is 32.1 Å². The SMILES string of the molecule is C.C.C.C.C.C.C.CC(=O)NC[C@H]1CN(C)C(=O)O1.CC(=O)S.CC(=S)NC[C@H]1CN(C)C(=O)O1.CC[C@H]1CN(C)C(=O)O1.CN1C[C@H](CN)OC1=O.CN1C[C@H](CN=[N+]=[N-])OC1=O.CN1C[C@H](CO)OC1=O.CSC(C)=S.Cl.[CH3-].[Pd]. The van der Waals surface area contributed by atoms with Crippen molar-refractivity contribution in [1.82, 2.24) is 40.0 Å².